The second-order valence-electron chi connectivity index (χ2n) is 5.70. The van der Waals surface area contributed by atoms with Gasteiger partial charge in [-0.25, -0.2) is 4.79 Å². The second kappa shape index (κ2) is 7.70. The molecule has 3 amide bonds. The Morgan fingerprint density at radius 3 is 2.48 bits per heavy atom. The van der Waals surface area contributed by atoms with Gasteiger partial charge >= 0.3 is 6.03 Å². The maximum absolute atomic E-state index is 12.5. The Kier molecular flexibility index (Phi) is 5.18. The smallest absolute Gasteiger partial charge is 0.325 e. The normalized spacial score (nSPS) is 13.9. The summed E-state index contributed by atoms with van der Waals surface area (Å²) in [6.07, 6.45) is 0. The Labute approximate surface area is 147 Å². The molecule has 0 atom stereocenters. The van der Waals surface area contributed by atoms with Crippen LogP contribution in [0.3, 0.4) is 0 Å². The van der Waals surface area contributed by atoms with Crippen molar-refractivity contribution < 1.29 is 14.3 Å². The van der Waals surface area contributed by atoms with Crippen molar-refractivity contribution in [3.05, 3.63) is 54.6 Å². The summed E-state index contributed by atoms with van der Waals surface area (Å²) in [5.41, 5.74) is 1.53. The van der Waals surface area contributed by atoms with Crippen LogP contribution in [0.4, 0.5) is 16.2 Å². The lowest BCUT2D eigenvalue weighted by atomic mass is 10.3. The molecule has 1 fully saturated rings. The molecule has 1 heterocycles. The zero-order valence-corrected chi connectivity index (χ0v) is 14.1. The van der Waals surface area contributed by atoms with E-state index in [4.69, 9.17) is 4.74 Å². The molecule has 1 aliphatic heterocycles. The molecule has 2 aromatic carbocycles. The first-order valence-electron chi connectivity index (χ1n) is 8.31. The van der Waals surface area contributed by atoms with Crippen LogP contribution in [0.5, 0.6) is 5.75 Å². The van der Waals surface area contributed by atoms with Crippen LogP contribution in [-0.2, 0) is 4.79 Å². The number of urea groups is 1. The number of nitrogens with zero attached hydrogens (tertiary/aromatic N) is 2. The van der Waals surface area contributed by atoms with E-state index in [2.05, 4.69) is 5.32 Å². The quantitative estimate of drug-likeness (QED) is 0.880. The summed E-state index contributed by atoms with van der Waals surface area (Å²) in [5, 5.41) is 2.80. The van der Waals surface area contributed by atoms with Crippen LogP contribution in [0, 0.1) is 0 Å². The van der Waals surface area contributed by atoms with Crippen LogP contribution < -0.4 is 15.0 Å². The van der Waals surface area contributed by atoms with Crippen molar-refractivity contribution in [1.29, 1.82) is 0 Å². The third-order valence-corrected chi connectivity index (χ3v) is 3.95. The maximum Gasteiger partial charge on any atom is 0.325 e. The first-order valence-corrected chi connectivity index (χ1v) is 8.31. The summed E-state index contributed by atoms with van der Waals surface area (Å²) < 4.78 is 5.41. The first kappa shape index (κ1) is 16.8. The van der Waals surface area contributed by atoms with E-state index >= 15 is 0 Å². The molecule has 0 bridgehead atoms. The highest BCUT2D eigenvalue weighted by Crippen LogP contribution is 2.23. The molecule has 6 nitrogen and oxygen atoms in total. The topological polar surface area (TPSA) is 61.9 Å². The number of anilines is 2. The van der Waals surface area contributed by atoms with Gasteiger partial charge in [-0.15, -0.1) is 0 Å². The first-order chi connectivity index (χ1) is 12.2. The molecule has 0 radical (unpaired) electrons. The minimum absolute atomic E-state index is 0.0429. The Bertz CT molecular complexity index is 731. The Morgan fingerprint density at radius 2 is 1.80 bits per heavy atom. The van der Waals surface area contributed by atoms with Gasteiger partial charge in [-0.2, -0.15) is 0 Å². The van der Waals surface area contributed by atoms with Gasteiger partial charge in [0.25, 0.3) is 0 Å². The zero-order valence-electron chi connectivity index (χ0n) is 14.1. The van der Waals surface area contributed by atoms with E-state index in [0.29, 0.717) is 19.7 Å². The van der Waals surface area contributed by atoms with E-state index in [1.165, 1.54) is 0 Å². The summed E-state index contributed by atoms with van der Waals surface area (Å²) in [6.45, 7) is 3.66. The molecule has 1 saturated heterocycles. The van der Waals surface area contributed by atoms with Crippen LogP contribution in [0.2, 0.25) is 0 Å². The van der Waals surface area contributed by atoms with Gasteiger partial charge in [0.05, 0.1) is 6.61 Å². The van der Waals surface area contributed by atoms with Gasteiger partial charge in [-0.1, -0.05) is 18.2 Å². The summed E-state index contributed by atoms with van der Waals surface area (Å²) in [7, 11) is 0. The van der Waals surface area contributed by atoms with Crippen LogP contribution in [-0.4, -0.2) is 43.1 Å². The SMILES string of the molecule is CCOc1ccc(N2CCN(CC(=O)Nc3ccccc3)C2=O)cc1. The largest absolute Gasteiger partial charge is 0.494 e. The Balaban J connectivity index is 1.58. The van der Waals surface area contributed by atoms with Gasteiger partial charge < -0.3 is 15.0 Å². The lowest BCUT2D eigenvalue weighted by molar-refractivity contribution is -0.116. The lowest BCUT2D eigenvalue weighted by Gasteiger charge is -2.18. The van der Waals surface area contributed by atoms with Crippen molar-refractivity contribution in [3.63, 3.8) is 0 Å². The molecule has 0 saturated carbocycles. The van der Waals surface area contributed by atoms with Gasteiger partial charge in [0, 0.05) is 24.5 Å². The van der Waals surface area contributed by atoms with E-state index < -0.39 is 0 Å². The maximum atomic E-state index is 12.5. The number of para-hydroxylation sites is 1. The summed E-state index contributed by atoms with van der Waals surface area (Å²) in [4.78, 5) is 27.9. The van der Waals surface area contributed by atoms with Gasteiger partial charge in [0.1, 0.15) is 12.3 Å². The summed E-state index contributed by atoms with van der Waals surface area (Å²) in [5.74, 6) is 0.574. The molecular formula is C19H21N3O3. The molecule has 3 rings (SSSR count). The van der Waals surface area contributed by atoms with E-state index in [9.17, 15) is 9.59 Å². The number of benzene rings is 2. The molecule has 2 aromatic rings. The number of amides is 3. The Morgan fingerprint density at radius 1 is 1.08 bits per heavy atom. The monoisotopic (exact) mass is 339 g/mol. The highest BCUT2D eigenvalue weighted by molar-refractivity contribution is 5.99. The fourth-order valence-corrected chi connectivity index (χ4v) is 2.75. The summed E-state index contributed by atoms with van der Waals surface area (Å²) >= 11 is 0. The number of carbonyl (C=O) groups is 2. The molecule has 1 N–H and O–H groups in total. The van der Waals surface area contributed by atoms with Crippen LogP contribution in [0.15, 0.2) is 54.6 Å². The van der Waals surface area contributed by atoms with Crippen molar-refractivity contribution in [2.24, 2.45) is 0 Å². The molecule has 6 heteroatoms. The lowest BCUT2D eigenvalue weighted by Crippen LogP contribution is -2.37. The zero-order chi connectivity index (χ0) is 17.6. The van der Waals surface area contributed by atoms with Crippen LogP contribution in [0.25, 0.3) is 0 Å². The van der Waals surface area contributed by atoms with Crippen molar-refractivity contribution in [1.82, 2.24) is 4.90 Å². The average molecular weight is 339 g/mol. The molecule has 0 spiro atoms. The van der Waals surface area contributed by atoms with Gasteiger partial charge in [-0.3, -0.25) is 9.69 Å². The van der Waals surface area contributed by atoms with Crippen molar-refractivity contribution >= 4 is 23.3 Å². The highest BCUT2D eigenvalue weighted by atomic mass is 16.5. The number of hydrogen-bond acceptors (Lipinski definition) is 3. The average Bonchev–Trinajstić information content (AvgIpc) is 2.97. The minimum atomic E-state index is -0.201. The van der Waals surface area contributed by atoms with Crippen molar-refractivity contribution in [2.75, 3.05) is 36.5 Å². The van der Waals surface area contributed by atoms with Crippen molar-refractivity contribution in [2.45, 2.75) is 6.92 Å². The fraction of sp³-hybridized carbons (Fsp3) is 0.263. The van der Waals surface area contributed by atoms with Crippen LogP contribution >= 0.6 is 0 Å². The van der Waals surface area contributed by atoms with Crippen molar-refractivity contribution in [3.8, 4) is 5.75 Å². The Hall–Kier alpha value is -3.02. The number of hydrogen-bond donors (Lipinski definition) is 1. The van der Waals surface area contributed by atoms with E-state index in [0.717, 1.165) is 17.1 Å². The standard InChI is InChI=1S/C19H21N3O3/c1-2-25-17-10-8-16(9-11-17)22-13-12-21(19(22)24)14-18(23)20-15-6-4-3-5-7-15/h3-11H,2,12-14H2,1H3,(H,20,23). The predicted molar refractivity (Wildman–Crippen MR) is 97.0 cm³/mol. The van der Waals surface area contributed by atoms with E-state index in [1.54, 1.807) is 9.80 Å². The molecular weight excluding hydrogens is 318 g/mol. The molecule has 25 heavy (non-hydrogen) atoms. The van der Waals surface area contributed by atoms with Crippen LogP contribution in [0.1, 0.15) is 6.92 Å². The minimum Gasteiger partial charge on any atom is -0.494 e. The van der Waals surface area contributed by atoms with E-state index in [1.807, 2.05) is 61.5 Å². The predicted octanol–water partition coefficient (Wildman–Crippen LogP) is 2.97. The molecule has 0 aromatic heterocycles. The molecule has 0 unspecified atom stereocenters. The number of carbonyl (C=O) groups excluding carboxylic acids is 2. The number of rotatable bonds is 6. The number of nitrogens with one attached hydrogen (secondary N) is 1. The highest BCUT2D eigenvalue weighted by Gasteiger charge is 2.30. The molecule has 0 aliphatic carbocycles. The third-order valence-electron chi connectivity index (χ3n) is 3.95. The van der Waals surface area contributed by atoms with Gasteiger partial charge in [-0.05, 0) is 43.3 Å². The van der Waals surface area contributed by atoms with Gasteiger partial charge in [0.15, 0.2) is 0 Å². The second-order valence-corrected chi connectivity index (χ2v) is 5.70. The number of ether oxygens (including phenoxy) is 1. The summed E-state index contributed by atoms with van der Waals surface area (Å²) in [6, 6.07) is 16.5. The van der Waals surface area contributed by atoms with E-state index in [-0.39, 0.29) is 18.5 Å². The van der Waals surface area contributed by atoms with Gasteiger partial charge in [0.2, 0.25) is 5.91 Å². The molecule has 130 valence electrons. The fourth-order valence-electron chi connectivity index (χ4n) is 2.75. The third kappa shape index (κ3) is 4.09. The molecule has 1 aliphatic rings.